The molecule has 0 atom stereocenters. The van der Waals surface area contributed by atoms with Gasteiger partial charge in [0.05, 0.1) is 6.54 Å². The minimum atomic E-state index is -4.13. The molecule has 0 radical (unpaired) electrons. The Morgan fingerprint density at radius 2 is 2.00 bits per heavy atom. The first-order chi connectivity index (χ1) is 8.89. The van der Waals surface area contributed by atoms with Gasteiger partial charge in [0.25, 0.3) is 0 Å². The highest BCUT2D eigenvalue weighted by molar-refractivity contribution is 5.31. The second-order valence-corrected chi connectivity index (χ2v) is 5.22. The van der Waals surface area contributed by atoms with Gasteiger partial charge in [-0.15, -0.1) is 0 Å². The number of aryl methyl sites for hydroxylation is 1. The average molecular weight is 272 g/mol. The van der Waals surface area contributed by atoms with Gasteiger partial charge in [-0.1, -0.05) is 18.2 Å². The molecule has 0 aliphatic heterocycles. The number of rotatable bonds is 5. The first-order valence-corrected chi connectivity index (χ1v) is 6.48. The molecule has 0 saturated heterocycles. The maximum absolute atomic E-state index is 12.6. The van der Waals surface area contributed by atoms with E-state index < -0.39 is 12.7 Å². The summed E-state index contributed by atoms with van der Waals surface area (Å²) in [6.07, 6.45) is -2.39. The van der Waals surface area contributed by atoms with Crippen molar-refractivity contribution in [3.8, 4) is 0 Å². The van der Waals surface area contributed by atoms with Crippen LogP contribution in [0.5, 0.6) is 0 Å². The van der Waals surface area contributed by atoms with Crippen LogP contribution in [0.3, 0.4) is 0 Å². The lowest BCUT2D eigenvalue weighted by atomic mass is 10.0. The minimum absolute atomic E-state index is 0.0928. The van der Waals surface area contributed by atoms with E-state index in [2.05, 4.69) is 0 Å². The zero-order valence-electron chi connectivity index (χ0n) is 11.0. The van der Waals surface area contributed by atoms with E-state index in [1.165, 1.54) is 4.90 Å². The van der Waals surface area contributed by atoms with Crippen LogP contribution < -0.4 is 5.73 Å². The highest BCUT2D eigenvalue weighted by Gasteiger charge is 2.37. The number of hydrogen-bond donors (Lipinski definition) is 1. The quantitative estimate of drug-likeness (QED) is 0.893. The van der Waals surface area contributed by atoms with E-state index >= 15 is 0 Å². The van der Waals surface area contributed by atoms with Gasteiger partial charge < -0.3 is 5.73 Å². The van der Waals surface area contributed by atoms with E-state index in [0.717, 1.165) is 29.5 Å². The molecule has 1 aliphatic rings. The lowest BCUT2D eigenvalue weighted by Crippen LogP contribution is -2.35. The van der Waals surface area contributed by atoms with Crippen LogP contribution in [-0.4, -0.2) is 23.7 Å². The Labute approximate surface area is 111 Å². The van der Waals surface area contributed by atoms with E-state index in [1.807, 2.05) is 25.1 Å². The van der Waals surface area contributed by atoms with Crippen molar-refractivity contribution in [2.45, 2.75) is 45.1 Å². The summed E-state index contributed by atoms with van der Waals surface area (Å²) in [6, 6.07) is 5.83. The topological polar surface area (TPSA) is 29.3 Å². The number of nitrogens with two attached hydrogens (primary N) is 1. The summed E-state index contributed by atoms with van der Waals surface area (Å²) in [7, 11) is 0. The van der Waals surface area contributed by atoms with E-state index in [-0.39, 0.29) is 6.04 Å². The monoisotopic (exact) mass is 272 g/mol. The third kappa shape index (κ3) is 4.21. The molecule has 0 unspecified atom stereocenters. The zero-order valence-corrected chi connectivity index (χ0v) is 11.0. The zero-order chi connectivity index (χ0) is 14.0. The molecule has 1 fully saturated rings. The van der Waals surface area contributed by atoms with Crippen molar-refractivity contribution >= 4 is 0 Å². The molecule has 1 saturated carbocycles. The van der Waals surface area contributed by atoms with Crippen molar-refractivity contribution in [2.75, 3.05) is 6.54 Å². The van der Waals surface area contributed by atoms with E-state index in [0.29, 0.717) is 13.1 Å². The smallest absolute Gasteiger partial charge is 0.326 e. The van der Waals surface area contributed by atoms with Crippen molar-refractivity contribution in [3.05, 3.63) is 34.9 Å². The second kappa shape index (κ2) is 5.51. The van der Waals surface area contributed by atoms with Crippen LogP contribution in [0.2, 0.25) is 0 Å². The maximum atomic E-state index is 12.6. The fraction of sp³-hybridized carbons (Fsp3) is 0.571. The highest BCUT2D eigenvalue weighted by Crippen LogP contribution is 2.31. The van der Waals surface area contributed by atoms with Crippen LogP contribution in [-0.2, 0) is 13.1 Å². The molecule has 5 heteroatoms. The van der Waals surface area contributed by atoms with Crippen molar-refractivity contribution < 1.29 is 13.2 Å². The van der Waals surface area contributed by atoms with Crippen molar-refractivity contribution in [3.63, 3.8) is 0 Å². The van der Waals surface area contributed by atoms with Crippen LogP contribution in [0.25, 0.3) is 0 Å². The Kier molecular flexibility index (Phi) is 4.16. The van der Waals surface area contributed by atoms with E-state index in [4.69, 9.17) is 5.73 Å². The maximum Gasteiger partial charge on any atom is 0.401 e. The number of nitrogens with zero attached hydrogens (tertiary/aromatic N) is 1. The molecule has 2 nitrogen and oxygen atoms in total. The summed E-state index contributed by atoms with van der Waals surface area (Å²) in [5.74, 6) is 0. The van der Waals surface area contributed by atoms with Gasteiger partial charge in [-0.2, -0.15) is 13.2 Å². The molecule has 2 N–H and O–H groups in total. The van der Waals surface area contributed by atoms with Gasteiger partial charge in [0, 0.05) is 19.1 Å². The molecule has 106 valence electrons. The second-order valence-electron chi connectivity index (χ2n) is 5.22. The van der Waals surface area contributed by atoms with Crippen molar-refractivity contribution in [1.82, 2.24) is 4.90 Å². The van der Waals surface area contributed by atoms with Crippen LogP contribution in [0.1, 0.15) is 29.5 Å². The standard InChI is InChI=1S/C14H19F3N2/c1-10-6-11(7-18)2-3-12(10)8-19(13-4-5-13)9-14(15,16)17/h2-3,6,13H,4-5,7-9,18H2,1H3. The molecule has 1 aromatic carbocycles. The molecule has 1 aromatic rings. The number of hydrogen-bond acceptors (Lipinski definition) is 2. The lowest BCUT2D eigenvalue weighted by molar-refractivity contribution is -0.148. The molecule has 0 aromatic heterocycles. The Morgan fingerprint density at radius 3 is 2.47 bits per heavy atom. The van der Waals surface area contributed by atoms with Crippen LogP contribution in [0.4, 0.5) is 13.2 Å². The normalized spacial score (nSPS) is 16.1. The molecule has 0 spiro atoms. The summed E-state index contributed by atoms with van der Waals surface area (Å²) in [4.78, 5) is 1.53. The summed E-state index contributed by atoms with van der Waals surface area (Å²) >= 11 is 0. The minimum Gasteiger partial charge on any atom is -0.326 e. The van der Waals surface area contributed by atoms with Crippen LogP contribution >= 0.6 is 0 Å². The van der Waals surface area contributed by atoms with E-state index in [1.54, 1.807) is 0 Å². The lowest BCUT2D eigenvalue weighted by Gasteiger charge is -2.24. The molecule has 0 amide bonds. The van der Waals surface area contributed by atoms with Gasteiger partial charge in [-0.05, 0) is 36.5 Å². The van der Waals surface area contributed by atoms with Gasteiger partial charge in [0.15, 0.2) is 0 Å². The average Bonchev–Trinajstić information content (AvgIpc) is 3.12. The first-order valence-electron chi connectivity index (χ1n) is 6.48. The van der Waals surface area contributed by atoms with Gasteiger partial charge in [-0.3, -0.25) is 4.90 Å². The van der Waals surface area contributed by atoms with Crippen LogP contribution in [0.15, 0.2) is 18.2 Å². The SMILES string of the molecule is Cc1cc(CN)ccc1CN(CC(F)(F)F)C1CC1. The molecular weight excluding hydrogens is 253 g/mol. The largest absolute Gasteiger partial charge is 0.401 e. The van der Waals surface area contributed by atoms with Gasteiger partial charge in [0.2, 0.25) is 0 Å². The van der Waals surface area contributed by atoms with Gasteiger partial charge >= 0.3 is 6.18 Å². The molecule has 2 rings (SSSR count). The molecule has 0 heterocycles. The van der Waals surface area contributed by atoms with Crippen molar-refractivity contribution in [2.24, 2.45) is 5.73 Å². The first kappa shape index (κ1) is 14.3. The number of halogens is 3. The number of benzene rings is 1. The Bertz CT molecular complexity index is 439. The third-order valence-corrected chi connectivity index (χ3v) is 3.46. The Balaban J connectivity index is 2.08. The summed E-state index contributed by atoms with van der Waals surface area (Å²) < 4.78 is 37.7. The molecular formula is C14H19F3N2. The Hall–Kier alpha value is -1.07. The summed E-state index contributed by atoms with van der Waals surface area (Å²) in [5.41, 5.74) is 8.52. The van der Waals surface area contributed by atoms with Gasteiger partial charge in [-0.25, -0.2) is 0 Å². The summed E-state index contributed by atoms with van der Waals surface area (Å²) in [5, 5.41) is 0. The highest BCUT2D eigenvalue weighted by atomic mass is 19.4. The fourth-order valence-electron chi connectivity index (χ4n) is 2.27. The molecule has 1 aliphatic carbocycles. The predicted octanol–water partition coefficient (Wildman–Crippen LogP) is 2.98. The molecule has 19 heavy (non-hydrogen) atoms. The van der Waals surface area contributed by atoms with E-state index in [9.17, 15) is 13.2 Å². The summed E-state index contributed by atoms with van der Waals surface area (Å²) in [6.45, 7) is 1.92. The van der Waals surface area contributed by atoms with Crippen molar-refractivity contribution in [1.29, 1.82) is 0 Å². The Morgan fingerprint density at radius 1 is 1.32 bits per heavy atom. The van der Waals surface area contributed by atoms with Gasteiger partial charge in [0.1, 0.15) is 0 Å². The van der Waals surface area contributed by atoms with Crippen LogP contribution in [0, 0.1) is 6.92 Å². The third-order valence-electron chi connectivity index (χ3n) is 3.46. The fourth-order valence-corrected chi connectivity index (χ4v) is 2.27. The predicted molar refractivity (Wildman–Crippen MR) is 68.6 cm³/mol. The molecule has 0 bridgehead atoms. The number of alkyl halides is 3.